The van der Waals surface area contributed by atoms with Gasteiger partial charge < -0.3 is 9.74 Å². The van der Waals surface area contributed by atoms with Crippen molar-refractivity contribution in [3.8, 4) is 0 Å². The lowest BCUT2D eigenvalue weighted by Gasteiger charge is -2.25. The predicted octanol–water partition coefficient (Wildman–Crippen LogP) is 4.85. The molecule has 1 aliphatic rings. The summed E-state index contributed by atoms with van der Waals surface area (Å²) in [7, 11) is 4.19. The fourth-order valence-electron chi connectivity index (χ4n) is 3.40. The van der Waals surface area contributed by atoms with Gasteiger partial charge >= 0.3 is 0 Å². The smallest absolute Gasteiger partial charge is 0.120 e. The summed E-state index contributed by atoms with van der Waals surface area (Å²) in [5.74, 6) is 1.01. The number of allylic oxidation sites excluding steroid dienone is 1. The number of nitrogens with zero attached hydrogens (tertiary/aromatic N) is 2. The van der Waals surface area contributed by atoms with Gasteiger partial charge in [0, 0.05) is 18.4 Å². The lowest BCUT2D eigenvalue weighted by Crippen LogP contribution is -2.24. The first-order valence-corrected chi connectivity index (χ1v) is 9.20. The molecule has 0 amide bonds. The molecule has 1 aromatic carbocycles. The molecule has 0 aliphatic heterocycles. The second-order valence-electron chi connectivity index (χ2n) is 7.22. The molecule has 1 aromatic rings. The minimum Gasteiger partial charge on any atom is -0.395 e. The van der Waals surface area contributed by atoms with Crippen LogP contribution in [0.1, 0.15) is 45.1 Å². The molecule has 3 nitrogen and oxygen atoms in total. The molecular weight excluding hydrogens is 296 g/mol. The third-order valence-electron chi connectivity index (χ3n) is 4.55. The molecule has 0 bridgehead atoms. The number of hydrogen-bond donors (Lipinski definition) is 0. The molecule has 0 radical (unpaired) electrons. The van der Waals surface area contributed by atoms with Crippen LogP contribution in [-0.4, -0.2) is 37.9 Å². The van der Waals surface area contributed by atoms with Crippen molar-refractivity contribution in [3.05, 3.63) is 41.5 Å². The Hall–Kier alpha value is -1.61. The van der Waals surface area contributed by atoms with Crippen LogP contribution < -0.4 is 0 Å². The first-order valence-electron chi connectivity index (χ1n) is 9.20. The zero-order valence-electron chi connectivity index (χ0n) is 15.7. The number of benzene rings is 1. The van der Waals surface area contributed by atoms with Crippen molar-refractivity contribution < 1.29 is 4.84 Å². The molecule has 2 atom stereocenters. The van der Waals surface area contributed by atoms with Gasteiger partial charge in [-0.2, -0.15) is 0 Å². The zero-order chi connectivity index (χ0) is 17.4. The van der Waals surface area contributed by atoms with Gasteiger partial charge in [0.15, 0.2) is 0 Å². The van der Waals surface area contributed by atoms with Gasteiger partial charge in [-0.1, -0.05) is 49.3 Å². The Kier molecular flexibility index (Phi) is 7.51. The van der Waals surface area contributed by atoms with E-state index in [9.17, 15) is 0 Å². The molecule has 2 rings (SSSR count). The third kappa shape index (κ3) is 5.79. The molecule has 0 spiro atoms. The molecule has 1 fully saturated rings. The highest BCUT2D eigenvalue weighted by atomic mass is 16.6. The SMILES string of the molecule is CC[C@H]1CCCC(=Cc2ccccc2)C1=NOCC(C)CN(C)C. The highest BCUT2D eigenvalue weighted by Gasteiger charge is 2.24. The first-order chi connectivity index (χ1) is 11.6. The van der Waals surface area contributed by atoms with E-state index >= 15 is 0 Å². The van der Waals surface area contributed by atoms with E-state index in [0.717, 1.165) is 19.4 Å². The van der Waals surface area contributed by atoms with Gasteiger partial charge in [0.25, 0.3) is 0 Å². The van der Waals surface area contributed by atoms with Crippen LogP contribution >= 0.6 is 0 Å². The van der Waals surface area contributed by atoms with Crippen LogP contribution in [0.2, 0.25) is 0 Å². The minimum atomic E-state index is 0.481. The van der Waals surface area contributed by atoms with Crippen molar-refractivity contribution in [2.75, 3.05) is 27.2 Å². The second kappa shape index (κ2) is 9.63. The maximum Gasteiger partial charge on any atom is 0.120 e. The normalized spacial score (nSPS) is 23.0. The summed E-state index contributed by atoms with van der Waals surface area (Å²) in [5.41, 5.74) is 3.77. The Bertz CT molecular complexity index is 548. The zero-order valence-corrected chi connectivity index (χ0v) is 15.7. The lowest BCUT2D eigenvalue weighted by atomic mass is 9.81. The van der Waals surface area contributed by atoms with Gasteiger partial charge in [0.1, 0.15) is 6.61 Å². The van der Waals surface area contributed by atoms with E-state index in [1.165, 1.54) is 29.7 Å². The molecule has 1 unspecified atom stereocenters. The van der Waals surface area contributed by atoms with Crippen molar-refractivity contribution in [1.29, 1.82) is 0 Å². The van der Waals surface area contributed by atoms with Crippen molar-refractivity contribution in [1.82, 2.24) is 4.90 Å². The van der Waals surface area contributed by atoms with Crippen LogP contribution in [-0.2, 0) is 4.84 Å². The Labute approximate surface area is 147 Å². The molecular formula is C21H32N2O. The van der Waals surface area contributed by atoms with Crippen LogP contribution in [0.5, 0.6) is 0 Å². The molecule has 24 heavy (non-hydrogen) atoms. The molecule has 0 saturated heterocycles. The van der Waals surface area contributed by atoms with Crippen LogP contribution in [0.15, 0.2) is 41.1 Å². The summed E-state index contributed by atoms with van der Waals surface area (Å²) >= 11 is 0. The van der Waals surface area contributed by atoms with Crippen molar-refractivity contribution >= 4 is 11.8 Å². The van der Waals surface area contributed by atoms with Gasteiger partial charge in [-0.05, 0) is 57.0 Å². The van der Waals surface area contributed by atoms with Crippen molar-refractivity contribution in [3.63, 3.8) is 0 Å². The largest absolute Gasteiger partial charge is 0.395 e. The van der Waals surface area contributed by atoms with Crippen LogP contribution in [0.25, 0.3) is 6.08 Å². The Morgan fingerprint density at radius 3 is 2.71 bits per heavy atom. The van der Waals surface area contributed by atoms with E-state index in [0.29, 0.717) is 18.4 Å². The standard InChI is InChI=1S/C21H32N2O/c1-5-19-12-9-13-20(14-18-10-7-6-8-11-18)21(19)22-24-16-17(2)15-23(3)4/h6-8,10-11,14,17,19H,5,9,12-13,15-16H2,1-4H3/t17?,19-/m0/s1. The lowest BCUT2D eigenvalue weighted by molar-refractivity contribution is 0.100. The summed E-state index contributed by atoms with van der Waals surface area (Å²) in [5, 5.41) is 4.59. The average Bonchev–Trinajstić information content (AvgIpc) is 2.56. The summed E-state index contributed by atoms with van der Waals surface area (Å²) in [6.07, 6.45) is 6.97. The predicted molar refractivity (Wildman–Crippen MR) is 103 cm³/mol. The maximum absolute atomic E-state index is 5.76. The maximum atomic E-state index is 5.76. The third-order valence-corrected chi connectivity index (χ3v) is 4.55. The number of oxime groups is 1. The Morgan fingerprint density at radius 2 is 2.04 bits per heavy atom. The molecule has 0 N–H and O–H groups in total. The monoisotopic (exact) mass is 328 g/mol. The minimum absolute atomic E-state index is 0.481. The molecule has 0 aromatic heterocycles. The van der Waals surface area contributed by atoms with Crippen LogP contribution in [0.4, 0.5) is 0 Å². The Balaban J connectivity index is 2.10. The topological polar surface area (TPSA) is 24.8 Å². The molecule has 0 heterocycles. The number of rotatable bonds is 7. The Morgan fingerprint density at radius 1 is 1.29 bits per heavy atom. The van der Waals surface area contributed by atoms with E-state index in [1.807, 2.05) is 0 Å². The fourth-order valence-corrected chi connectivity index (χ4v) is 3.40. The first kappa shape index (κ1) is 18.7. The quantitative estimate of drug-likeness (QED) is 0.668. The molecule has 132 valence electrons. The van der Waals surface area contributed by atoms with E-state index in [2.05, 4.69) is 74.4 Å². The highest BCUT2D eigenvalue weighted by molar-refractivity contribution is 6.05. The van der Waals surface area contributed by atoms with Gasteiger partial charge in [0.05, 0.1) is 5.71 Å². The average molecular weight is 329 g/mol. The summed E-state index contributed by atoms with van der Waals surface area (Å²) in [6, 6.07) is 10.5. The number of hydrogen-bond acceptors (Lipinski definition) is 3. The van der Waals surface area contributed by atoms with Crippen LogP contribution in [0.3, 0.4) is 0 Å². The molecule has 1 aliphatic carbocycles. The van der Waals surface area contributed by atoms with Gasteiger partial charge in [-0.3, -0.25) is 0 Å². The van der Waals surface area contributed by atoms with Crippen LogP contribution in [0, 0.1) is 11.8 Å². The fraction of sp³-hybridized carbons (Fsp3) is 0.571. The summed E-state index contributed by atoms with van der Waals surface area (Å²) < 4.78 is 0. The van der Waals surface area contributed by atoms with Gasteiger partial charge in [0.2, 0.25) is 0 Å². The van der Waals surface area contributed by atoms with E-state index < -0.39 is 0 Å². The summed E-state index contributed by atoms with van der Waals surface area (Å²) in [6.45, 7) is 6.16. The van der Waals surface area contributed by atoms with E-state index in [-0.39, 0.29) is 0 Å². The van der Waals surface area contributed by atoms with E-state index in [4.69, 9.17) is 4.84 Å². The second-order valence-corrected chi connectivity index (χ2v) is 7.22. The molecule has 3 heteroatoms. The van der Waals surface area contributed by atoms with Crippen molar-refractivity contribution in [2.24, 2.45) is 17.0 Å². The van der Waals surface area contributed by atoms with Crippen molar-refractivity contribution in [2.45, 2.75) is 39.5 Å². The van der Waals surface area contributed by atoms with Gasteiger partial charge in [-0.25, -0.2) is 0 Å². The van der Waals surface area contributed by atoms with E-state index in [1.54, 1.807) is 0 Å². The van der Waals surface area contributed by atoms with Gasteiger partial charge in [-0.15, -0.1) is 0 Å². The summed E-state index contributed by atoms with van der Waals surface area (Å²) in [4.78, 5) is 7.95. The molecule has 1 saturated carbocycles. The highest BCUT2D eigenvalue weighted by Crippen LogP contribution is 2.30.